The number of hydrogen-bond acceptors (Lipinski definition) is 3. The zero-order valence-electron chi connectivity index (χ0n) is 13.2. The number of halogens is 6. The van der Waals surface area contributed by atoms with Crippen molar-refractivity contribution in [1.82, 2.24) is 5.32 Å². The Balaban J connectivity index is 3.26. The molecular weight excluding hydrogens is 368 g/mol. The molecule has 11 heteroatoms. The van der Waals surface area contributed by atoms with E-state index in [-0.39, 0.29) is 24.6 Å². The lowest BCUT2D eigenvalue weighted by Gasteiger charge is -2.18. The van der Waals surface area contributed by atoms with Crippen LogP contribution in [0.2, 0.25) is 0 Å². The monoisotopic (exact) mass is 381 g/mol. The van der Waals surface area contributed by atoms with Crippen molar-refractivity contribution in [2.24, 2.45) is 11.7 Å². The minimum Gasteiger partial charge on any atom is -0.368 e. The highest BCUT2D eigenvalue weighted by Crippen LogP contribution is 2.36. The van der Waals surface area contributed by atoms with Crippen LogP contribution in [0.25, 0.3) is 0 Å². The van der Waals surface area contributed by atoms with Gasteiger partial charge in [-0.3, -0.25) is 9.59 Å². The lowest BCUT2D eigenvalue weighted by Crippen LogP contribution is -2.45. The van der Waals surface area contributed by atoms with Crippen LogP contribution in [-0.4, -0.2) is 17.9 Å². The quantitative estimate of drug-likeness (QED) is 0.768. The first-order chi connectivity index (χ1) is 11.8. The molecule has 5 nitrogen and oxygen atoms in total. The van der Waals surface area contributed by atoms with Crippen LogP contribution in [0, 0.1) is 17.2 Å². The predicted octanol–water partition coefficient (Wildman–Crippen LogP) is 2.86. The zero-order chi connectivity index (χ0) is 20.3. The summed E-state index contributed by atoms with van der Waals surface area (Å²) in [5.41, 5.74) is 0.764. The summed E-state index contributed by atoms with van der Waals surface area (Å²) in [6, 6.07) is 0.675. The molecule has 0 radical (unpaired) electrons. The van der Waals surface area contributed by atoms with E-state index in [4.69, 9.17) is 11.0 Å². The van der Waals surface area contributed by atoms with Gasteiger partial charge in [0.25, 0.3) is 5.91 Å². The van der Waals surface area contributed by atoms with Crippen molar-refractivity contribution in [3.63, 3.8) is 0 Å². The fraction of sp³-hybridized carbons (Fsp3) is 0.400. The lowest BCUT2D eigenvalue weighted by molar-refractivity contribution is -0.143. The van der Waals surface area contributed by atoms with Gasteiger partial charge in [-0.15, -0.1) is 0 Å². The molecule has 0 spiro atoms. The summed E-state index contributed by atoms with van der Waals surface area (Å²) in [5.74, 6) is -3.17. The maximum atomic E-state index is 12.8. The number of rotatable bonds is 5. The molecular formula is C15H13F6N3O2. The number of nitrogens with one attached hydrogen (secondary N) is 1. The summed E-state index contributed by atoms with van der Waals surface area (Å²) in [6.45, 7) is 1.40. The maximum absolute atomic E-state index is 12.8. The molecule has 1 aromatic rings. The molecule has 142 valence electrons. The van der Waals surface area contributed by atoms with Crippen LogP contribution in [-0.2, 0) is 17.1 Å². The number of nitriles is 1. The topological polar surface area (TPSA) is 96.0 Å². The molecule has 0 saturated carbocycles. The fourth-order valence-electron chi connectivity index (χ4n) is 1.98. The van der Waals surface area contributed by atoms with Crippen LogP contribution < -0.4 is 11.1 Å². The summed E-state index contributed by atoms with van der Waals surface area (Å²) in [6.07, 6.45) is -10.5. The Labute approximate surface area is 143 Å². The largest absolute Gasteiger partial charge is 0.416 e. The van der Waals surface area contributed by atoms with Gasteiger partial charge in [0.15, 0.2) is 0 Å². The van der Waals surface area contributed by atoms with Gasteiger partial charge in [0, 0.05) is 11.5 Å². The van der Waals surface area contributed by atoms with Crippen LogP contribution in [0.4, 0.5) is 26.3 Å². The van der Waals surface area contributed by atoms with Gasteiger partial charge < -0.3 is 11.1 Å². The molecule has 1 aromatic carbocycles. The Hall–Kier alpha value is -2.77. The van der Waals surface area contributed by atoms with Crippen molar-refractivity contribution in [2.45, 2.75) is 31.7 Å². The number of carbonyl (C=O) groups excluding carboxylic acids is 2. The second-order valence-corrected chi connectivity index (χ2v) is 5.49. The number of nitrogens with zero attached hydrogens (tertiary/aromatic N) is 1. The number of alkyl halides is 6. The van der Waals surface area contributed by atoms with Gasteiger partial charge in [0.05, 0.1) is 17.2 Å². The van der Waals surface area contributed by atoms with Crippen LogP contribution in [0.15, 0.2) is 18.2 Å². The minimum absolute atomic E-state index is 0.125. The molecule has 0 fully saturated rings. The van der Waals surface area contributed by atoms with E-state index in [0.717, 1.165) is 0 Å². The van der Waals surface area contributed by atoms with E-state index >= 15 is 0 Å². The van der Waals surface area contributed by atoms with Gasteiger partial charge in [-0.25, -0.2) is 0 Å². The maximum Gasteiger partial charge on any atom is 0.416 e. The van der Waals surface area contributed by atoms with E-state index in [2.05, 4.69) is 0 Å². The normalized spacial score (nSPS) is 14.2. The van der Waals surface area contributed by atoms with Crippen LogP contribution in [0.5, 0.6) is 0 Å². The number of amides is 2. The first-order valence-electron chi connectivity index (χ1n) is 7.05. The molecule has 0 unspecified atom stereocenters. The highest BCUT2D eigenvalue weighted by molar-refractivity contribution is 5.97. The molecule has 0 aliphatic rings. The Morgan fingerprint density at radius 2 is 1.58 bits per heavy atom. The van der Waals surface area contributed by atoms with Gasteiger partial charge in [0.2, 0.25) is 5.91 Å². The van der Waals surface area contributed by atoms with Gasteiger partial charge in [-0.2, -0.15) is 31.6 Å². The molecule has 26 heavy (non-hydrogen) atoms. The van der Waals surface area contributed by atoms with E-state index in [1.165, 1.54) is 6.92 Å². The molecule has 0 aliphatic carbocycles. The van der Waals surface area contributed by atoms with Gasteiger partial charge >= 0.3 is 12.4 Å². The van der Waals surface area contributed by atoms with Crippen molar-refractivity contribution < 1.29 is 35.9 Å². The first-order valence-corrected chi connectivity index (χ1v) is 7.05. The summed E-state index contributed by atoms with van der Waals surface area (Å²) < 4.78 is 76.8. The van der Waals surface area contributed by atoms with Crippen molar-refractivity contribution in [1.29, 1.82) is 5.26 Å². The molecule has 2 amide bonds. The van der Waals surface area contributed by atoms with E-state index < -0.39 is 52.8 Å². The first kappa shape index (κ1) is 21.3. The Morgan fingerprint density at radius 1 is 1.12 bits per heavy atom. The molecule has 0 heterocycles. The standard InChI is InChI=1S/C15H13F6N3O2/c1-7(6-22)2-11(12(23)25)24-13(26)8-3-9(14(16,17)18)5-10(4-8)15(19,20)21/h3-5,7,11H,2H2,1H3,(H2,23,25)(H,24,26)/t7-,11+/m0/s1. The Kier molecular flexibility index (Phi) is 6.25. The smallest absolute Gasteiger partial charge is 0.368 e. The predicted molar refractivity (Wildman–Crippen MR) is 76.3 cm³/mol. The average Bonchev–Trinajstić information content (AvgIpc) is 2.51. The second-order valence-electron chi connectivity index (χ2n) is 5.49. The lowest BCUT2D eigenvalue weighted by atomic mass is 10.0. The van der Waals surface area contributed by atoms with E-state index in [1.807, 2.05) is 5.32 Å². The number of carbonyl (C=O) groups is 2. The van der Waals surface area contributed by atoms with Crippen molar-refractivity contribution in [3.8, 4) is 6.07 Å². The summed E-state index contributed by atoms with van der Waals surface area (Å²) in [4.78, 5) is 23.4. The molecule has 0 saturated heterocycles. The van der Waals surface area contributed by atoms with E-state index in [1.54, 1.807) is 6.07 Å². The third-order valence-corrected chi connectivity index (χ3v) is 3.31. The molecule has 3 N–H and O–H groups in total. The molecule has 2 atom stereocenters. The summed E-state index contributed by atoms with van der Waals surface area (Å²) >= 11 is 0. The van der Waals surface area contributed by atoms with Crippen LogP contribution >= 0.6 is 0 Å². The third kappa shape index (κ3) is 5.65. The molecule has 1 rings (SSSR count). The van der Waals surface area contributed by atoms with E-state index in [0.29, 0.717) is 0 Å². The van der Waals surface area contributed by atoms with Crippen molar-refractivity contribution >= 4 is 11.8 Å². The third-order valence-electron chi connectivity index (χ3n) is 3.31. The van der Waals surface area contributed by atoms with Gasteiger partial charge in [-0.1, -0.05) is 0 Å². The Bertz CT molecular complexity index is 704. The number of primary amides is 1. The van der Waals surface area contributed by atoms with Gasteiger partial charge in [-0.05, 0) is 31.5 Å². The molecule has 0 aromatic heterocycles. The number of benzene rings is 1. The van der Waals surface area contributed by atoms with Crippen LogP contribution in [0.3, 0.4) is 0 Å². The van der Waals surface area contributed by atoms with Crippen molar-refractivity contribution in [3.05, 3.63) is 34.9 Å². The second kappa shape index (κ2) is 7.63. The highest BCUT2D eigenvalue weighted by Gasteiger charge is 2.37. The van der Waals surface area contributed by atoms with Crippen molar-refractivity contribution in [2.75, 3.05) is 0 Å². The summed E-state index contributed by atoms with van der Waals surface area (Å²) in [5, 5.41) is 10.7. The number of hydrogen-bond donors (Lipinski definition) is 2. The fourth-order valence-corrected chi connectivity index (χ4v) is 1.98. The van der Waals surface area contributed by atoms with Crippen LogP contribution in [0.1, 0.15) is 34.8 Å². The Morgan fingerprint density at radius 3 is 1.92 bits per heavy atom. The zero-order valence-corrected chi connectivity index (χ0v) is 13.2. The summed E-state index contributed by atoms with van der Waals surface area (Å²) in [7, 11) is 0. The van der Waals surface area contributed by atoms with E-state index in [9.17, 15) is 35.9 Å². The highest BCUT2D eigenvalue weighted by atomic mass is 19.4. The van der Waals surface area contributed by atoms with Gasteiger partial charge in [0.1, 0.15) is 6.04 Å². The average molecular weight is 381 g/mol. The number of nitrogens with two attached hydrogens (primary N) is 1. The SMILES string of the molecule is C[C@H](C#N)C[C@@H](NC(=O)c1cc(C(F)(F)F)cc(C(F)(F)F)c1)C(N)=O. The molecule has 0 aliphatic heterocycles. The molecule has 0 bridgehead atoms. The minimum atomic E-state index is -5.12.